The van der Waals surface area contributed by atoms with Crippen LogP contribution in [0.5, 0.6) is 0 Å². The summed E-state index contributed by atoms with van der Waals surface area (Å²) in [4.78, 5) is 16.5. The summed E-state index contributed by atoms with van der Waals surface area (Å²) < 4.78 is 0. The summed E-state index contributed by atoms with van der Waals surface area (Å²) in [5, 5.41) is 6.30. The van der Waals surface area contributed by atoms with Crippen LogP contribution in [0.25, 0.3) is 0 Å². The van der Waals surface area contributed by atoms with Gasteiger partial charge in [-0.05, 0) is 37.8 Å². The minimum atomic E-state index is -0.000650. The number of nitrogens with one attached hydrogen (secondary N) is 2. The van der Waals surface area contributed by atoms with Gasteiger partial charge in [-0.2, -0.15) is 0 Å². The van der Waals surface area contributed by atoms with Crippen molar-refractivity contribution in [3.63, 3.8) is 0 Å². The molecule has 1 aromatic rings. The average molecular weight is 275 g/mol. The monoisotopic (exact) mass is 275 g/mol. The molecule has 0 spiro atoms. The Labute approximate surface area is 121 Å². The molecule has 1 aliphatic carbocycles. The third-order valence-electron chi connectivity index (χ3n) is 4.06. The lowest BCUT2D eigenvalue weighted by Gasteiger charge is -2.22. The van der Waals surface area contributed by atoms with E-state index in [-0.39, 0.29) is 5.91 Å². The van der Waals surface area contributed by atoms with Crippen LogP contribution in [-0.2, 0) is 0 Å². The van der Waals surface area contributed by atoms with E-state index in [0.29, 0.717) is 17.5 Å². The maximum absolute atomic E-state index is 12.3. The second-order valence-corrected chi connectivity index (χ2v) is 5.66. The topological polar surface area (TPSA) is 54.0 Å². The molecule has 0 aliphatic heterocycles. The van der Waals surface area contributed by atoms with Crippen molar-refractivity contribution in [3.8, 4) is 0 Å². The first-order chi connectivity index (χ1) is 9.70. The molecule has 1 aromatic heterocycles. The van der Waals surface area contributed by atoms with Gasteiger partial charge in [0.15, 0.2) is 0 Å². The first kappa shape index (κ1) is 14.8. The van der Waals surface area contributed by atoms with Crippen LogP contribution >= 0.6 is 0 Å². The number of rotatable bonds is 4. The Hall–Kier alpha value is -1.58. The number of amides is 1. The molecule has 1 amide bonds. The predicted octanol–water partition coefficient (Wildman–Crippen LogP) is 3.21. The summed E-state index contributed by atoms with van der Waals surface area (Å²) in [5.41, 5.74) is 0.642. The average Bonchev–Trinajstić information content (AvgIpc) is 2.65. The summed E-state index contributed by atoms with van der Waals surface area (Å²) in [6.45, 7) is 5.09. The Bertz CT molecular complexity index is 430. The predicted molar refractivity (Wildman–Crippen MR) is 81.9 cm³/mol. The van der Waals surface area contributed by atoms with Crippen LogP contribution in [0.1, 0.15) is 56.3 Å². The van der Waals surface area contributed by atoms with Crippen LogP contribution in [0.4, 0.5) is 5.82 Å². The first-order valence-electron chi connectivity index (χ1n) is 7.71. The molecule has 2 unspecified atom stereocenters. The summed E-state index contributed by atoms with van der Waals surface area (Å²) in [7, 11) is 0. The van der Waals surface area contributed by atoms with Gasteiger partial charge in [0.05, 0.1) is 5.56 Å². The molecule has 0 bridgehead atoms. The molecule has 0 aromatic carbocycles. The maximum atomic E-state index is 12.3. The van der Waals surface area contributed by atoms with Crippen LogP contribution in [0.15, 0.2) is 18.3 Å². The zero-order valence-corrected chi connectivity index (χ0v) is 12.5. The van der Waals surface area contributed by atoms with Crippen LogP contribution in [0.2, 0.25) is 0 Å². The molecule has 0 radical (unpaired) electrons. The van der Waals surface area contributed by atoms with E-state index in [2.05, 4.69) is 22.5 Å². The number of hydrogen-bond donors (Lipinski definition) is 2. The maximum Gasteiger partial charge on any atom is 0.253 e. The molecular weight excluding hydrogens is 250 g/mol. The van der Waals surface area contributed by atoms with Crippen molar-refractivity contribution in [2.24, 2.45) is 5.92 Å². The highest BCUT2D eigenvalue weighted by Gasteiger charge is 2.22. The van der Waals surface area contributed by atoms with Crippen molar-refractivity contribution >= 4 is 11.7 Å². The van der Waals surface area contributed by atoms with E-state index in [0.717, 1.165) is 18.8 Å². The van der Waals surface area contributed by atoms with Gasteiger partial charge in [-0.1, -0.05) is 26.2 Å². The smallest absolute Gasteiger partial charge is 0.253 e. The standard InChI is InChI=1S/C16H25N3O/c1-3-17-15-10-9-13(11-18-15)16(20)19-14-8-6-4-5-7-12(14)2/h9-12,14H,3-8H2,1-2H3,(H,17,18)(H,19,20). The normalized spacial score (nSPS) is 22.9. The third-order valence-corrected chi connectivity index (χ3v) is 4.06. The first-order valence-corrected chi connectivity index (χ1v) is 7.71. The Morgan fingerprint density at radius 1 is 1.30 bits per heavy atom. The zero-order valence-electron chi connectivity index (χ0n) is 12.5. The Balaban J connectivity index is 1.96. The number of nitrogens with zero attached hydrogens (tertiary/aromatic N) is 1. The molecular formula is C16H25N3O. The van der Waals surface area contributed by atoms with Gasteiger partial charge in [0, 0.05) is 18.8 Å². The van der Waals surface area contributed by atoms with Gasteiger partial charge in [-0.15, -0.1) is 0 Å². The molecule has 2 atom stereocenters. The van der Waals surface area contributed by atoms with E-state index in [9.17, 15) is 4.79 Å². The fourth-order valence-corrected chi connectivity index (χ4v) is 2.77. The molecule has 4 heteroatoms. The number of carbonyl (C=O) groups excluding carboxylic acids is 1. The summed E-state index contributed by atoms with van der Waals surface area (Å²) >= 11 is 0. The van der Waals surface area contributed by atoms with Crippen molar-refractivity contribution in [3.05, 3.63) is 23.9 Å². The number of anilines is 1. The Morgan fingerprint density at radius 2 is 2.10 bits per heavy atom. The quantitative estimate of drug-likeness (QED) is 0.830. The van der Waals surface area contributed by atoms with Crippen molar-refractivity contribution < 1.29 is 4.79 Å². The lowest BCUT2D eigenvalue weighted by atomic mass is 9.97. The zero-order chi connectivity index (χ0) is 14.4. The van der Waals surface area contributed by atoms with Crippen molar-refractivity contribution in [2.45, 2.75) is 52.0 Å². The fraction of sp³-hybridized carbons (Fsp3) is 0.625. The second kappa shape index (κ2) is 7.27. The van der Waals surface area contributed by atoms with Crippen molar-refractivity contribution in [1.82, 2.24) is 10.3 Å². The summed E-state index contributed by atoms with van der Waals surface area (Å²) in [6, 6.07) is 4.00. The fourth-order valence-electron chi connectivity index (χ4n) is 2.77. The Morgan fingerprint density at radius 3 is 2.80 bits per heavy atom. The number of carbonyl (C=O) groups is 1. The minimum Gasteiger partial charge on any atom is -0.370 e. The van der Waals surface area contributed by atoms with E-state index >= 15 is 0 Å². The van der Waals surface area contributed by atoms with Crippen LogP contribution < -0.4 is 10.6 Å². The highest BCUT2D eigenvalue weighted by molar-refractivity contribution is 5.94. The second-order valence-electron chi connectivity index (χ2n) is 5.66. The number of aromatic nitrogens is 1. The van der Waals surface area contributed by atoms with Gasteiger partial charge in [-0.3, -0.25) is 4.79 Å². The van der Waals surface area contributed by atoms with E-state index < -0.39 is 0 Å². The van der Waals surface area contributed by atoms with E-state index in [4.69, 9.17) is 0 Å². The highest BCUT2D eigenvalue weighted by Crippen LogP contribution is 2.23. The summed E-state index contributed by atoms with van der Waals surface area (Å²) in [6.07, 6.45) is 7.74. The molecule has 2 rings (SSSR count). The lowest BCUT2D eigenvalue weighted by Crippen LogP contribution is -2.38. The molecule has 0 saturated heterocycles. The van der Waals surface area contributed by atoms with Crippen LogP contribution in [0.3, 0.4) is 0 Å². The van der Waals surface area contributed by atoms with Gasteiger partial charge >= 0.3 is 0 Å². The van der Waals surface area contributed by atoms with Crippen LogP contribution in [0, 0.1) is 5.92 Å². The molecule has 2 N–H and O–H groups in total. The Kier molecular flexibility index (Phi) is 5.39. The van der Waals surface area contributed by atoms with Crippen LogP contribution in [-0.4, -0.2) is 23.5 Å². The minimum absolute atomic E-state index is 0.000650. The molecule has 4 nitrogen and oxygen atoms in total. The molecule has 1 heterocycles. The van der Waals surface area contributed by atoms with E-state index in [1.165, 1.54) is 25.7 Å². The lowest BCUT2D eigenvalue weighted by molar-refractivity contribution is 0.0921. The third kappa shape index (κ3) is 3.95. The summed E-state index contributed by atoms with van der Waals surface area (Å²) in [5.74, 6) is 1.38. The largest absolute Gasteiger partial charge is 0.370 e. The molecule has 20 heavy (non-hydrogen) atoms. The van der Waals surface area contributed by atoms with Gasteiger partial charge < -0.3 is 10.6 Å². The van der Waals surface area contributed by atoms with Crippen molar-refractivity contribution in [2.75, 3.05) is 11.9 Å². The molecule has 110 valence electrons. The van der Waals surface area contributed by atoms with E-state index in [1.54, 1.807) is 6.20 Å². The highest BCUT2D eigenvalue weighted by atomic mass is 16.1. The molecule has 1 fully saturated rings. The molecule has 1 aliphatic rings. The SMILES string of the molecule is CCNc1ccc(C(=O)NC2CCCCCC2C)cn1. The van der Waals surface area contributed by atoms with E-state index in [1.807, 2.05) is 19.1 Å². The number of pyridine rings is 1. The van der Waals surface area contributed by atoms with Gasteiger partial charge in [0.25, 0.3) is 5.91 Å². The van der Waals surface area contributed by atoms with Gasteiger partial charge in [0.1, 0.15) is 5.82 Å². The van der Waals surface area contributed by atoms with Gasteiger partial charge in [0.2, 0.25) is 0 Å². The van der Waals surface area contributed by atoms with Gasteiger partial charge in [-0.25, -0.2) is 4.98 Å². The number of hydrogen-bond acceptors (Lipinski definition) is 3. The van der Waals surface area contributed by atoms with Crippen molar-refractivity contribution in [1.29, 1.82) is 0 Å². The molecule has 1 saturated carbocycles.